The fraction of sp³-hybridized carbons (Fsp3) is 0.139. The molecule has 0 aliphatic carbocycles. The van der Waals surface area contributed by atoms with Crippen LogP contribution in [0, 0.1) is 7.14 Å². The zero-order valence-corrected chi connectivity index (χ0v) is 32.2. The van der Waals surface area contributed by atoms with Crippen molar-refractivity contribution >= 4 is 97.5 Å². The highest BCUT2D eigenvalue weighted by Gasteiger charge is 2.35. The van der Waals surface area contributed by atoms with Gasteiger partial charge in [-0.2, -0.15) is 0 Å². The summed E-state index contributed by atoms with van der Waals surface area (Å²) in [6.07, 6.45) is 1.84. The summed E-state index contributed by atoms with van der Waals surface area (Å²) in [7, 11) is 1.59. The van der Waals surface area contributed by atoms with Gasteiger partial charge in [0.15, 0.2) is 4.80 Å². The van der Waals surface area contributed by atoms with Gasteiger partial charge in [0, 0.05) is 21.2 Å². The van der Waals surface area contributed by atoms with Crippen LogP contribution in [0.15, 0.2) is 100 Å². The number of nitrogens with zero attached hydrogens (tertiary/aromatic N) is 2. The first kappa shape index (κ1) is 34.7. The quantitative estimate of drug-likeness (QED) is 0.111. The Kier molecular flexibility index (Phi) is 11.0. The molecule has 0 fully saturated rings. The number of thiazole rings is 1. The summed E-state index contributed by atoms with van der Waals surface area (Å²) in [6.45, 7) is 2.20. The topological polar surface area (TPSA) is 79.1 Å². The zero-order chi connectivity index (χ0) is 33.9. The molecule has 0 amide bonds. The lowest BCUT2D eigenvalue weighted by atomic mass is 9.93. The summed E-state index contributed by atoms with van der Waals surface area (Å²) >= 11 is 18.1. The Morgan fingerprint density at radius 1 is 1.00 bits per heavy atom. The highest BCUT2D eigenvalue weighted by atomic mass is 127. The van der Waals surface area contributed by atoms with E-state index in [-0.39, 0.29) is 18.8 Å². The Hall–Kier alpha value is -3.17. The number of fused-ring (bicyclic) bond motifs is 1. The molecule has 0 saturated heterocycles. The maximum absolute atomic E-state index is 14.3. The monoisotopic (exact) mass is 922 g/mol. The molecule has 0 unspecified atom stereocenters. The Balaban J connectivity index is 1.47. The molecular formula is C36H26Cl2I2N2O5S. The van der Waals surface area contributed by atoms with Gasteiger partial charge >= 0.3 is 5.97 Å². The molecule has 2 heterocycles. The molecule has 0 saturated carbocycles. The molecule has 0 bridgehead atoms. The molecule has 0 spiro atoms. The molecule has 5 aromatic rings. The zero-order valence-electron chi connectivity index (χ0n) is 25.5. The van der Waals surface area contributed by atoms with Crippen molar-refractivity contribution < 1.29 is 19.0 Å². The van der Waals surface area contributed by atoms with Gasteiger partial charge in [0.05, 0.1) is 42.7 Å². The fourth-order valence-corrected chi connectivity index (χ4v) is 8.87. The number of methoxy groups -OCH3 is 1. The number of hydrogen-bond acceptors (Lipinski definition) is 7. The van der Waals surface area contributed by atoms with E-state index < -0.39 is 12.0 Å². The van der Waals surface area contributed by atoms with Crippen LogP contribution in [0.3, 0.4) is 0 Å². The van der Waals surface area contributed by atoms with Crippen LogP contribution < -0.4 is 24.4 Å². The molecule has 7 nitrogen and oxygen atoms in total. The summed E-state index contributed by atoms with van der Waals surface area (Å²) in [4.78, 5) is 33.4. The van der Waals surface area contributed by atoms with Crippen LogP contribution >= 0.6 is 79.7 Å². The van der Waals surface area contributed by atoms with Gasteiger partial charge in [-0.1, -0.05) is 83.1 Å². The largest absolute Gasteiger partial charge is 0.497 e. The Bertz CT molecular complexity index is 2210. The second kappa shape index (κ2) is 15.2. The predicted octanol–water partition coefficient (Wildman–Crippen LogP) is 8.04. The van der Waals surface area contributed by atoms with E-state index in [4.69, 9.17) is 42.4 Å². The summed E-state index contributed by atoms with van der Waals surface area (Å²) < 4.78 is 20.9. The maximum atomic E-state index is 14.3. The molecule has 1 atom stereocenters. The van der Waals surface area contributed by atoms with Crippen molar-refractivity contribution in [2.24, 2.45) is 4.99 Å². The van der Waals surface area contributed by atoms with E-state index in [2.05, 4.69) is 45.2 Å². The third-order valence-corrected chi connectivity index (χ3v) is 10.7. The minimum Gasteiger partial charge on any atom is -0.497 e. The van der Waals surface area contributed by atoms with Crippen molar-refractivity contribution in [2.45, 2.75) is 19.6 Å². The Labute approximate surface area is 317 Å². The highest BCUT2D eigenvalue weighted by Crippen LogP contribution is 2.36. The number of carbonyl (C=O) groups is 1. The summed E-state index contributed by atoms with van der Waals surface area (Å²) in [6, 6.07) is 25.2. The van der Waals surface area contributed by atoms with Gasteiger partial charge in [-0.3, -0.25) is 9.36 Å². The lowest BCUT2D eigenvalue weighted by Crippen LogP contribution is -2.40. The molecule has 48 heavy (non-hydrogen) atoms. The number of esters is 1. The molecular weight excluding hydrogens is 897 g/mol. The number of benzene rings is 4. The van der Waals surface area contributed by atoms with Crippen molar-refractivity contribution in [3.63, 3.8) is 0 Å². The van der Waals surface area contributed by atoms with E-state index >= 15 is 0 Å². The van der Waals surface area contributed by atoms with E-state index in [1.807, 2.05) is 78.9 Å². The van der Waals surface area contributed by atoms with E-state index in [1.165, 1.54) is 11.3 Å². The van der Waals surface area contributed by atoms with Crippen LogP contribution in [0.1, 0.15) is 35.2 Å². The standard InChI is InChI=1S/C36H26Cl2I2N2O5S/c1-3-46-35(44)30-31(21-7-5-4-6-8-21)41-36-42(32(30)22-10-13-25(45-2)14-11-22)34(43)29(48-36)17-20-15-27(39)33(28(40)16-20)47-19-23-9-12-24(37)18-26(23)38/h4-18,32H,3,19H2,1-2H3/b29-17-/t32-/m1/s1. The average molecular weight is 923 g/mol. The molecule has 1 aromatic heterocycles. The van der Waals surface area contributed by atoms with Crippen LogP contribution in [-0.4, -0.2) is 24.3 Å². The number of aromatic nitrogens is 1. The maximum Gasteiger partial charge on any atom is 0.338 e. The van der Waals surface area contributed by atoms with E-state index in [0.717, 1.165) is 29.4 Å². The predicted molar refractivity (Wildman–Crippen MR) is 207 cm³/mol. The molecule has 244 valence electrons. The molecule has 4 aromatic carbocycles. The molecule has 12 heteroatoms. The third kappa shape index (κ3) is 7.23. The lowest BCUT2D eigenvalue weighted by Gasteiger charge is -2.26. The van der Waals surface area contributed by atoms with Crippen molar-refractivity contribution in [3.05, 3.63) is 150 Å². The minimum absolute atomic E-state index is 0.174. The smallest absolute Gasteiger partial charge is 0.338 e. The van der Waals surface area contributed by atoms with Crippen molar-refractivity contribution in [1.29, 1.82) is 0 Å². The van der Waals surface area contributed by atoms with E-state index in [1.54, 1.807) is 30.7 Å². The SMILES string of the molecule is CCOC(=O)C1=C(c2ccccc2)N=c2s/c(=C\c3cc(I)c(OCc4ccc(Cl)cc4Cl)c(I)c3)c(=O)n2[C@@H]1c1ccc(OC)cc1. The average Bonchev–Trinajstić information content (AvgIpc) is 3.38. The van der Waals surface area contributed by atoms with Crippen LogP contribution in [0.25, 0.3) is 11.8 Å². The first-order valence-corrected chi connectivity index (χ1v) is 18.4. The van der Waals surface area contributed by atoms with Crippen LogP contribution in [0.5, 0.6) is 11.5 Å². The Morgan fingerprint density at radius 2 is 1.71 bits per heavy atom. The number of rotatable bonds is 9. The second-order valence-corrected chi connectivity index (χ2v) is 14.7. The first-order chi connectivity index (χ1) is 23.2. The van der Waals surface area contributed by atoms with Gasteiger partial charge < -0.3 is 14.2 Å². The third-order valence-electron chi connectivity index (χ3n) is 7.51. The van der Waals surface area contributed by atoms with Crippen molar-refractivity contribution in [2.75, 3.05) is 13.7 Å². The van der Waals surface area contributed by atoms with Crippen LogP contribution in [0.4, 0.5) is 0 Å². The van der Waals surface area contributed by atoms with Gasteiger partial charge in [0.2, 0.25) is 0 Å². The first-order valence-electron chi connectivity index (χ1n) is 14.7. The van der Waals surface area contributed by atoms with E-state index in [9.17, 15) is 9.59 Å². The number of ether oxygens (including phenoxy) is 3. The summed E-state index contributed by atoms with van der Waals surface area (Å²) in [5.74, 6) is 0.839. The highest BCUT2D eigenvalue weighted by molar-refractivity contribution is 14.1. The van der Waals surface area contributed by atoms with Gasteiger partial charge in [0.25, 0.3) is 5.56 Å². The van der Waals surface area contributed by atoms with Crippen LogP contribution in [-0.2, 0) is 16.1 Å². The Morgan fingerprint density at radius 3 is 2.35 bits per heavy atom. The van der Waals surface area contributed by atoms with Crippen LogP contribution in [0.2, 0.25) is 10.0 Å². The molecule has 1 aliphatic rings. The van der Waals surface area contributed by atoms with Crippen molar-refractivity contribution in [3.8, 4) is 11.5 Å². The molecule has 1 aliphatic heterocycles. The molecule has 0 radical (unpaired) electrons. The van der Waals surface area contributed by atoms with Gasteiger partial charge in [-0.15, -0.1) is 0 Å². The van der Waals surface area contributed by atoms with E-state index in [0.29, 0.717) is 42.1 Å². The normalized spacial score (nSPS) is 14.4. The van der Waals surface area contributed by atoms with Gasteiger partial charge in [-0.05, 0) is 106 Å². The number of halogens is 4. The lowest BCUT2D eigenvalue weighted by molar-refractivity contribution is -0.138. The van der Waals surface area contributed by atoms with Gasteiger partial charge in [-0.25, -0.2) is 9.79 Å². The molecule has 6 rings (SSSR count). The summed E-state index contributed by atoms with van der Waals surface area (Å²) in [5.41, 5.74) is 3.60. The second-order valence-electron chi connectivity index (χ2n) is 10.5. The van der Waals surface area contributed by atoms with Gasteiger partial charge in [0.1, 0.15) is 18.1 Å². The fourth-order valence-electron chi connectivity index (χ4n) is 5.28. The number of carbonyl (C=O) groups excluding carboxylic acids is 1. The minimum atomic E-state index is -0.778. The summed E-state index contributed by atoms with van der Waals surface area (Å²) in [5, 5.41) is 1.10. The molecule has 0 N–H and O–H groups in total. The number of hydrogen-bond donors (Lipinski definition) is 0. The van der Waals surface area contributed by atoms with Crippen molar-refractivity contribution in [1.82, 2.24) is 4.57 Å².